The lowest BCUT2D eigenvalue weighted by molar-refractivity contribution is -0.143. The summed E-state index contributed by atoms with van der Waals surface area (Å²) in [5.41, 5.74) is 1.95. The molecule has 0 saturated carbocycles. The van der Waals surface area contributed by atoms with Crippen LogP contribution in [0.15, 0.2) is 58.4 Å². The number of para-hydroxylation sites is 1. The van der Waals surface area contributed by atoms with E-state index < -0.39 is 6.10 Å². The molecule has 0 amide bonds. The van der Waals surface area contributed by atoms with Crippen molar-refractivity contribution in [3.05, 3.63) is 54.1 Å². The Morgan fingerprint density at radius 1 is 1.13 bits per heavy atom. The Bertz CT molecular complexity index is 727. The van der Waals surface area contributed by atoms with Gasteiger partial charge in [0, 0.05) is 18.0 Å². The van der Waals surface area contributed by atoms with E-state index in [2.05, 4.69) is 4.99 Å². The predicted octanol–water partition coefficient (Wildman–Crippen LogP) is 4.18. The number of hydrogen-bond donors (Lipinski definition) is 0. The zero-order valence-electron chi connectivity index (χ0n) is 12.9. The average Bonchev–Trinajstić information content (AvgIpc) is 2.74. The summed E-state index contributed by atoms with van der Waals surface area (Å²) in [4.78, 5) is 17.0. The van der Waals surface area contributed by atoms with Crippen LogP contribution < -0.4 is 4.74 Å². The molecule has 0 spiro atoms. The molecule has 118 valence electrons. The zero-order chi connectivity index (χ0) is 16.2. The van der Waals surface area contributed by atoms with E-state index >= 15 is 0 Å². The van der Waals surface area contributed by atoms with Gasteiger partial charge in [0.15, 0.2) is 6.10 Å². The van der Waals surface area contributed by atoms with Crippen LogP contribution in [-0.4, -0.2) is 25.4 Å². The van der Waals surface area contributed by atoms with Crippen LogP contribution in [0.25, 0.3) is 0 Å². The third-order valence-electron chi connectivity index (χ3n) is 3.52. The van der Waals surface area contributed by atoms with Gasteiger partial charge in [-0.05, 0) is 29.8 Å². The van der Waals surface area contributed by atoms with E-state index in [0.29, 0.717) is 0 Å². The molecule has 23 heavy (non-hydrogen) atoms. The average molecular weight is 327 g/mol. The van der Waals surface area contributed by atoms with Crippen LogP contribution in [0.5, 0.6) is 5.75 Å². The molecule has 1 aliphatic rings. The summed E-state index contributed by atoms with van der Waals surface area (Å²) in [5, 5.41) is -0.0581. The molecule has 0 aliphatic carbocycles. The number of carbonyl (C=O) groups is 1. The van der Waals surface area contributed by atoms with Crippen LogP contribution in [0, 0.1) is 0 Å². The first-order valence-electron chi connectivity index (χ1n) is 7.28. The summed E-state index contributed by atoms with van der Waals surface area (Å²) in [6.07, 6.45) is 1.30. The summed E-state index contributed by atoms with van der Waals surface area (Å²) < 4.78 is 10.7. The second-order valence-electron chi connectivity index (χ2n) is 5.13. The van der Waals surface area contributed by atoms with Crippen LogP contribution in [0.3, 0.4) is 0 Å². The molecule has 2 atom stereocenters. The fourth-order valence-corrected chi connectivity index (χ4v) is 3.66. The number of rotatable bonds is 3. The molecule has 0 radical (unpaired) electrons. The molecular formula is C18H17NO3S. The van der Waals surface area contributed by atoms with Gasteiger partial charge in [-0.2, -0.15) is 0 Å². The monoisotopic (exact) mass is 327 g/mol. The molecular weight excluding hydrogens is 310 g/mol. The first-order valence-corrected chi connectivity index (χ1v) is 8.16. The van der Waals surface area contributed by atoms with Gasteiger partial charge < -0.3 is 9.47 Å². The molecule has 2 aromatic carbocycles. The van der Waals surface area contributed by atoms with Crippen molar-refractivity contribution in [2.24, 2.45) is 4.99 Å². The number of nitrogens with zero attached hydrogens (tertiary/aromatic N) is 1. The highest BCUT2D eigenvalue weighted by Gasteiger charge is 2.28. The minimum absolute atomic E-state index is 0.0581. The standard InChI is InChI=1S/C18H17NO3S/c1-12(20)22-16-11-19-15-5-3-4-6-17(15)23-18(16)13-7-9-14(21-2)10-8-13/h3-11,16,18H,1-2H3/t16-,18-/m0/s1. The van der Waals surface area contributed by atoms with Crippen LogP contribution in [0.2, 0.25) is 0 Å². The maximum absolute atomic E-state index is 11.5. The van der Waals surface area contributed by atoms with E-state index in [1.54, 1.807) is 25.1 Å². The van der Waals surface area contributed by atoms with Crippen LogP contribution in [0.1, 0.15) is 17.7 Å². The van der Waals surface area contributed by atoms with Gasteiger partial charge in [-0.15, -0.1) is 11.8 Å². The van der Waals surface area contributed by atoms with Crippen molar-refractivity contribution >= 4 is 29.6 Å². The summed E-state index contributed by atoms with van der Waals surface area (Å²) in [7, 11) is 1.64. The first kappa shape index (κ1) is 15.6. The molecule has 1 heterocycles. The molecule has 2 aromatic rings. The van der Waals surface area contributed by atoms with E-state index in [0.717, 1.165) is 21.9 Å². The normalized spacial score (nSPS) is 19.6. The number of aliphatic imine (C=N–C) groups is 1. The molecule has 0 unspecified atom stereocenters. The van der Waals surface area contributed by atoms with Crippen molar-refractivity contribution in [3.63, 3.8) is 0 Å². The van der Waals surface area contributed by atoms with Crippen molar-refractivity contribution in [1.82, 2.24) is 0 Å². The van der Waals surface area contributed by atoms with E-state index in [1.165, 1.54) is 6.92 Å². The van der Waals surface area contributed by atoms with Gasteiger partial charge in [-0.1, -0.05) is 24.3 Å². The second-order valence-corrected chi connectivity index (χ2v) is 6.31. The van der Waals surface area contributed by atoms with Crippen molar-refractivity contribution in [3.8, 4) is 5.75 Å². The summed E-state index contributed by atoms with van der Waals surface area (Å²) >= 11 is 1.65. The fraction of sp³-hybridized carbons (Fsp3) is 0.222. The van der Waals surface area contributed by atoms with E-state index in [1.807, 2.05) is 48.5 Å². The Morgan fingerprint density at radius 2 is 1.87 bits per heavy atom. The lowest BCUT2D eigenvalue weighted by Crippen LogP contribution is -2.23. The van der Waals surface area contributed by atoms with Crippen molar-refractivity contribution < 1.29 is 14.3 Å². The molecule has 0 fully saturated rings. The minimum Gasteiger partial charge on any atom is -0.497 e. The Morgan fingerprint density at radius 3 is 2.57 bits per heavy atom. The molecule has 4 nitrogen and oxygen atoms in total. The van der Waals surface area contributed by atoms with Gasteiger partial charge in [-0.3, -0.25) is 9.79 Å². The fourth-order valence-electron chi connectivity index (χ4n) is 2.43. The van der Waals surface area contributed by atoms with Gasteiger partial charge in [-0.25, -0.2) is 0 Å². The highest BCUT2D eigenvalue weighted by molar-refractivity contribution is 7.99. The van der Waals surface area contributed by atoms with Crippen molar-refractivity contribution in [2.75, 3.05) is 7.11 Å². The van der Waals surface area contributed by atoms with E-state index in [4.69, 9.17) is 9.47 Å². The first-order chi connectivity index (χ1) is 11.2. The van der Waals surface area contributed by atoms with Crippen LogP contribution >= 0.6 is 11.8 Å². The van der Waals surface area contributed by atoms with Crippen LogP contribution in [0.4, 0.5) is 5.69 Å². The quantitative estimate of drug-likeness (QED) is 0.794. The molecule has 5 heteroatoms. The highest BCUT2D eigenvalue weighted by Crippen LogP contribution is 2.44. The Hall–Kier alpha value is -2.27. The van der Waals surface area contributed by atoms with Crippen molar-refractivity contribution in [2.45, 2.75) is 23.2 Å². The number of ether oxygens (including phenoxy) is 2. The highest BCUT2D eigenvalue weighted by atomic mass is 32.2. The maximum atomic E-state index is 11.5. The number of fused-ring (bicyclic) bond motifs is 1. The number of thioether (sulfide) groups is 1. The Balaban J connectivity index is 1.98. The molecule has 0 N–H and O–H groups in total. The second kappa shape index (κ2) is 6.87. The Labute approximate surface area is 139 Å². The van der Waals surface area contributed by atoms with Gasteiger partial charge in [0.1, 0.15) is 5.75 Å². The maximum Gasteiger partial charge on any atom is 0.303 e. The number of methoxy groups -OCH3 is 1. The summed E-state index contributed by atoms with van der Waals surface area (Å²) in [6.45, 7) is 1.42. The van der Waals surface area contributed by atoms with Crippen LogP contribution in [-0.2, 0) is 9.53 Å². The molecule has 0 bridgehead atoms. The van der Waals surface area contributed by atoms with Gasteiger partial charge in [0.05, 0.1) is 18.0 Å². The number of benzene rings is 2. The van der Waals surface area contributed by atoms with E-state index in [9.17, 15) is 4.79 Å². The molecule has 1 aliphatic heterocycles. The van der Waals surface area contributed by atoms with Crippen molar-refractivity contribution in [1.29, 1.82) is 0 Å². The SMILES string of the molecule is COc1ccc([C@@H]2Sc3ccccc3N=C[C@@H]2OC(C)=O)cc1. The summed E-state index contributed by atoms with van der Waals surface area (Å²) in [5.74, 6) is 0.483. The molecule has 3 rings (SSSR count). The lowest BCUT2D eigenvalue weighted by Gasteiger charge is -2.22. The molecule has 0 aromatic heterocycles. The summed E-state index contributed by atoms with van der Waals surface area (Å²) in [6, 6.07) is 15.7. The topological polar surface area (TPSA) is 47.9 Å². The Kier molecular flexibility index (Phi) is 4.67. The lowest BCUT2D eigenvalue weighted by atomic mass is 10.1. The number of esters is 1. The van der Waals surface area contributed by atoms with Gasteiger partial charge >= 0.3 is 5.97 Å². The minimum atomic E-state index is -0.418. The van der Waals surface area contributed by atoms with Gasteiger partial charge in [0.25, 0.3) is 0 Å². The smallest absolute Gasteiger partial charge is 0.303 e. The van der Waals surface area contributed by atoms with E-state index in [-0.39, 0.29) is 11.2 Å². The third kappa shape index (κ3) is 3.56. The largest absolute Gasteiger partial charge is 0.497 e. The number of hydrogen-bond acceptors (Lipinski definition) is 5. The third-order valence-corrected chi connectivity index (χ3v) is 4.92. The predicted molar refractivity (Wildman–Crippen MR) is 91.7 cm³/mol. The number of carbonyl (C=O) groups excluding carboxylic acids is 1. The molecule has 0 saturated heterocycles. The van der Waals surface area contributed by atoms with Gasteiger partial charge in [0.2, 0.25) is 0 Å². The zero-order valence-corrected chi connectivity index (χ0v) is 13.7.